The van der Waals surface area contributed by atoms with Crippen molar-refractivity contribution in [3.05, 3.63) is 106 Å². The fourth-order valence-corrected chi connectivity index (χ4v) is 4.24. The molecule has 1 aliphatic rings. The normalized spacial score (nSPS) is 14.4. The molecule has 6 nitrogen and oxygen atoms in total. The number of aliphatic hydroxyl groups excluding tert-OH is 1. The van der Waals surface area contributed by atoms with Crippen LogP contribution in [0.15, 0.2) is 72.8 Å². The van der Waals surface area contributed by atoms with Gasteiger partial charge in [0.1, 0.15) is 17.2 Å². The number of aliphatic hydroxyl groups is 1. The lowest BCUT2D eigenvalue weighted by atomic mass is 9.94. The molecule has 6 heteroatoms. The maximum Gasteiger partial charge on any atom is 0.343 e. The number of aromatic hydroxyl groups is 1. The Morgan fingerprint density at radius 1 is 0.778 bits per heavy atom. The number of carbonyl (C=O) groups excluding carboxylic acids is 2. The highest BCUT2D eigenvalue weighted by Gasteiger charge is 2.18. The Hall–Kier alpha value is -4.42. The van der Waals surface area contributed by atoms with Crippen LogP contribution in [0.1, 0.15) is 43.0 Å². The smallest absolute Gasteiger partial charge is 0.343 e. The standard InChI is InChI=1S/C30H24O6/c1-17-18(2)28(36-30(34)24-6-4-22-16-26(32)10-8-20(22)14-24)12-11-27(17)35-29(33)23-5-3-21-15-25(31)9-7-19(21)13-23/h3-15,26,31-32H,16H2,1-2H3. The highest BCUT2D eigenvalue weighted by Crippen LogP contribution is 2.31. The molecule has 36 heavy (non-hydrogen) atoms. The minimum Gasteiger partial charge on any atom is -0.508 e. The van der Waals surface area contributed by atoms with Gasteiger partial charge in [0, 0.05) is 6.42 Å². The summed E-state index contributed by atoms with van der Waals surface area (Å²) in [6.07, 6.45) is 3.51. The van der Waals surface area contributed by atoms with E-state index in [1.54, 1.807) is 86.7 Å². The van der Waals surface area contributed by atoms with Crippen LogP contribution >= 0.6 is 0 Å². The third-order valence-corrected chi connectivity index (χ3v) is 6.46. The second-order valence-electron chi connectivity index (χ2n) is 8.88. The van der Waals surface area contributed by atoms with E-state index in [1.165, 1.54) is 0 Å². The lowest BCUT2D eigenvalue weighted by Crippen LogP contribution is -2.14. The molecule has 0 spiro atoms. The molecule has 1 atom stereocenters. The third kappa shape index (κ3) is 4.59. The summed E-state index contributed by atoms with van der Waals surface area (Å²) >= 11 is 0. The molecule has 2 N–H and O–H groups in total. The van der Waals surface area contributed by atoms with E-state index < -0.39 is 18.0 Å². The van der Waals surface area contributed by atoms with Crippen LogP contribution in [0.3, 0.4) is 0 Å². The van der Waals surface area contributed by atoms with Gasteiger partial charge in [-0.1, -0.05) is 30.4 Å². The van der Waals surface area contributed by atoms with Gasteiger partial charge in [0.25, 0.3) is 0 Å². The van der Waals surface area contributed by atoms with Crippen LogP contribution in [0, 0.1) is 13.8 Å². The van der Waals surface area contributed by atoms with Crippen molar-refractivity contribution < 1.29 is 29.3 Å². The lowest BCUT2D eigenvalue weighted by molar-refractivity contribution is 0.0717. The van der Waals surface area contributed by atoms with Crippen LogP contribution in [0.4, 0.5) is 0 Å². The zero-order valence-electron chi connectivity index (χ0n) is 19.8. The summed E-state index contributed by atoms with van der Waals surface area (Å²) < 4.78 is 11.3. The molecular formula is C30H24O6. The molecule has 1 aliphatic carbocycles. The van der Waals surface area contributed by atoms with Crippen molar-refractivity contribution in [1.82, 2.24) is 0 Å². The van der Waals surface area contributed by atoms with E-state index in [2.05, 4.69) is 0 Å². The van der Waals surface area contributed by atoms with E-state index in [1.807, 2.05) is 6.07 Å². The Morgan fingerprint density at radius 2 is 1.36 bits per heavy atom. The van der Waals surface area contributed by atoms with Gasteiger partial charge < -0.3 is 19.7 Å². The number of phenols is 1. The molecule has 4 aromatic rings. The van der Waals surface area contributed by atoms with Gasteiger partial charge in [-0.2, -0.15) is 0 Å². The van der Waals surface area contributed by atoms with Crippen LogP contribution in [-0.2, 0) is 6.42 Å². The van der Waals surface area contributed by atoms with Gasteiger partial charge in [-0.25, -0.2) is 9.59 Å². The maximum absolute atomic E-state index is 12.8. The molecule has 0 amide bonds. The Kier molecular flexibility index (Phi) is 6.04. The van der Waals surface area contributed by atoms with Gasteiger partial charge >= 0.3 is 11.9 Å². The van der Waals surface area contributed by atoms with Crippen molar-refractivity contribution in [2.45, 2.75) is 26.4 Å². The number of benzene rings is 4. The average Bonchev–Trinajstić information content (AvgIpc) is 2.87. The summed E-state index contributed by atoms with van der Waals surface area (Å²) in [4.78, 5) is 25.6. The summed E-state index contributed by atoms with van der Waals surface area (Å²) in [6.45, 7) is 3.60. The second-order valence-corrected chi connectivity index (χ2v) is 8.88. The SMILES string of the molecule is Cc1c(OC(=O)c2ccc3c(c2)C=CC(O)C3)ccc(OC(=O)c2ccc3cc(O)ccc3c2)c1C. The van der Waals surface area contributed by atoms with Crippen molar-refractivity contribution in [2.24, 2.45) is 0 Å². The molecule has 0 radical (unpaired) electrons. The van der Waals surface area contributed by atoms with Gasteiger partial charge in [0.2, 0.25) is 0 Å². The van der Waals surface area contributed by atoms with E-state index in [9.17, 15) is 19.8 Å². The van der Waals surface area contributed by atoms with Crippen LogP contribution in [0.25, 0.3) is 16.8 Å². The first-order valence-electron chi connectivity index (χ1n) is 11.5. The first kappa shape index (κ1) is 23.3. The monoisotopic (exact) mass is 480 g/mol. The Labute approximate surface area is 208 Å². The Morgan fingerprint density at radius 3 is 2.06 bits per heavy atom. The molecule has 0 fully saturated rings. The molecule has 5 rings (SSSR count). The van der Waals surface area contributed by atoms with E-state index in [0.717, 1.165) is 21.9 Å². The predicted octanol–water partition coefficient (Wildman–Crippen LogP) is 5.53. The largest absolute Gasteiger partial charge is 0.508 e. The summed E-state index contributed by atoms with van der Waals surface area (Å²) in [6, 6.07) is 18.5. The van der Waals surface area contributed by atoms with Gasteiger partial charge in [-0.15, -0.1) is 0 Å². The van der Waals surface area contributed by atoms with Crippen LogP contribution in [-0.4, -0.2) is 28.3 Å². The Bertz CT molecular complexity index is 1550. The number of hydrogen-bond acceptors (Lipinski definition) is 6. The number of carbonyl (C=O) groups is 2. The number of hydrogen-bond donors (Lipinski definition) is 2. The van der Waals surface area contributed by atoms with Crippen molar-refractivity contribution in [2.75, 3.05) is 0 Å². The van der Waals surface area contributed by atoms with Crippen LogP contribution < -0.4 is 9.47 Å². The fraction of sp³-hybridized carbons (Fsp3) is 0.133. The minimum absolute atomic E-state index is 0.160. The molecule has 0 bridgehead atoms. The second kappa shape index (κ2) is 9.32. The van der Waals surface area contributed by atoms with E-state index in [4.69, 9.17) is 9.47 Å². The first-order chi connectivity index (χ1) is 17.3. The van der Waals surface area contributed by atoms with Crippen LogP contribution in [0.2, 0.25) is 0 Å². The van der Waals surface area contributed by atoms with E-state index in [-0.39, 0.29) is 5.75 Å². The molecule has 0 heterocycles. The van der Waals surface area contributed by atoms with Crippen molar-refractivity contribution >= 4 is 28.8 Å². The molecule has 1 unspecified atom stereocenters. The topological polar surface area (TPSA) is 93.1 Å². The van der Waals surface area contributed by atoms with Gasteiger partial charge in [-0.3, -0.25) is 0 Å². The fourth-order valence-electron chi connectivity index (χ4n) is 4.24. The molecular weight excluding hydrogens is 456 g/mol. The van der Waals surface area contributed by atoms with Crippen LogP contribution in [0.5, 0.6) is 17.2 Å². The number of rotatable bonds is 4. The minimum atomic E-state index is -0.510. The summed E-state index contributed by atoms with van der Waals surface area (Å²) in [5.74, 6) is -0.0868. The average molecular weight is 481 g/mol. The summed E-state index contributed by atoms with van der Waals surface area (Å²) in [5.41, 5.74) is 4.02. The molecule has 180 valence electrons. The third-order valence-electron chi connectivity index (χ3n) is 6.46. The number of fused-ring (bicyclic) bond motifs is 2. The molecule has 0 saturated carbocycles. The quantitative estimate of drug-likeness (QED) is 0.295. The Balaban J connectivity index is 1.32. The summed E-state index contributed by atoms with van der Waals surface area (Å²) in [5, 5.41) is 21.0. The molecule has 0 aromatic heterocycles. The zero-order chi connectivity index (χ0) is 25.4. The molecule has 0 aliphatic heterocycles. The number of esters is 2. The first-order valence-corrected chi connectivity index (χ1v) is 11.5. The summed E-state index contributed by atoms with van der Waals surface area (Å²) in [7, 11) is 0. The maximum atomic E-state index is 12.8. The highest BCUT2D eigenvalue weighted by molar-refractivity contribution is 5.97. The lowest BCUT2D eigenvalue weighted by Gasteiger charge is -2.16. The molecule has 0 saturated heterocycles. The van der Waals surface area contributed by atoms with Crippen molar-refractivity contribution in [1.29, 1.82) is 0 Å². The van der Waals surface area contributed by atoms with E-state index >= 15 is 0 Å². The predicted molar refractivity (Wildman–Crippen MR) is 137 cm³/mol. The number of phenolic OH excluding ortho intramolecular Hbond substituents is 1. The number of ether oxygens (including phenoxy) is 2. The molecule has 4 aromatic carbocycles. The van der Waals surface area contributed by atoms with Gasteiger partial charge in [-0.05, 0) is 95.4 Å². The van der Waals surface area contributed by atoms with E-state index in [0.29, 0.717) is 40.2 Å². The van der Waals surface area contributed by atoms with Crippen molar-refractivity contribution in [3.63, 3.8) is 0 Å². The zero-order valence-corrected chi connectivity index (χ0v) is 19.8. The van der Waals surface area contributed by atoms with Gasteiger partial charge in [0.15, 0.2) is 0 Å². The van der Waals surface area contributed by atoms with Crippen molar-refractivity contribution in [3.8, 4) is 17.2 Å². The van der Waals surface area contributed by atoms with Gasteiger partial charge in [0.05, 0.1) is 17.2 Å². The highest BCUT2D eigenvalue weighted by atomic mass is 16.5.